The van der Waals surface area contributed by atoms with E-state index in [2.05, 4.69) is 20.3 Å². The third kappa shape index (κ3) is 8.92. The Morgan fingerprint density at radius 2 is 2.07 bits per heavy atom. The molecule has 1 atom stereocenters. The molecule has 0 bridgehead atoms. The van der Waals surface area contributed by atoms with E-state index in [1.165, 1.54) is 6.07 Å². The van der Waals surface area contributed by atoms with Crippen molar-refractivity contribution in [1.82, 2.24) is 15.4 Å². The van der Waals surface area contributed by atoms with Crippen LogP contribution >= 0.6 is 0 Å². The third-order valence-corrected chi connectivity index (χ3v) is 5.59. The van der Waals surface area contributed by atoms with Gasteiger partial charge in [0.1, 0.15) is 12.4 Å². The van der Waals surface area contributed by atoms with E-state index >= 15 is 0 Å². The maximum atomic E-state index is 13.5. The van der Waals surface area contributed by atoms with Crippen LogP contribution in [0.3, 0.4) is 0 Å². The molecule has 29 heavy (non-hydrogen) atoms. The van der Waals surface area contributed by atoms with Gasteiger partial charge in [-0.25, -0.2) is 21.9 Å². The number of rotatable bonds is 10. The van der Waals surface area contributed by atoms with E-state index in [-0.39, 0.29) is 37.3 Å². The molecular formula is C18H28F2N4O4S. The van der Waals surface area contributed by atoms with Gasteiger partial charge in [-0.2, -0.15) is 0 Å². The summed E-state index contributed by atoms with van der Waals surface area (Å²) in [4.78, 5) is 3.98. The number of halogens is 2. The van der Waals surface area contributed by atoms with E-state index in [1.54, 1.807) is 7.05 Å². The fraction of sp³-hybridized carbons (Fsp3) is 0.611. The maximum absolute atomic E-state index is 13.5. The molecule has 11 heteroatoms. The van der Waals surface area contributed by atoms with Gasteiger partial charge < -0.3 is 20.1 Å². The number of aliphatic imine (C=N–C) groups is 1. The Morgan fingerprint density at radius 3 is 2.76 bits per heavy atom. The molecule has 164 valence electrons. The van der Waals surface area contributed by atoms with Crippen molar-refractivity contribution in [3.8, 4) is 5.75 Å². The first-order valence-corrected chi connectivity index (χ1v) is 11.2. The lowest BCUT2D eigenvalue weighted by molar-refractivity contribution is 0.0200. The molecule has 1 heterocycles. The predicted molar refractivity (Wildman–Crippen MR) is 107 cm³/mol. The van der Waals surface area contributed by atoms with Crippen LogP contribution in [0.15, 0.2) is 23.2 Å². The summed E-state index contributed by atoms with van der Waals surface area (Å²) in [5.74, 6) is -1.22. The lowest BCUT2D eigenvalue weighted by atomic mass is 10.1. The van der Waals surface area contributed by atoms with Crippen molar-refractivity contribution in [1.29, 1.82) is 0 Å². The lowest BCUT2D eigenvalue weighted by Crippen LogP contribution is -2.43. The fourth-order valence-electron chi connectivity index (χ4n) is 2.71. The molecule has 0 amide bonds. The second-order valence-electron chi connectivity index (χ2n) is 6.50. The van der Waals surface area contributed by atoms with Gasteiger partial charge in [-0.15, -0.1) is 0 Å². The summed E-state index contributed by atoms with van der Waals surface area (Å²) in [7, 11) is -1.88. The van der Waals surface area contributed by atoms with Gasteiger partial charge in [0.2, 0.25) is 10.0 Å². The Morgan fingerprint density at radius 1 is 1.28 bits per heavy atom. The molecule has 1 saturated heterocycles. The van der Waals surface area contributed by atoms with Crippen LogP contribution in [0.1, 0.15) is 19.3 Å². The molecule has 1 aromatic carbocycles. The number of sulfonamides is 1. The molecule has 1 aliphatic rings. The molecule has 0 spiro atoms. The molecule has 0 aliphatic carbocycles. The summed E-state index contributed by atoms with van der Waals surface area (Å²) >= 11 is 0. The Kier molecular flexibility index (Phi) is 9.55. The van der Waals surface area contributed by atoms with E-state index < -0.39 is 21.7 Å². The maximum Gasteiger partial charge on any atom is 0.213 e. The van der Waals surface area contributed by atoms with Crippen molar-refractivity contribution in [2.75, 3.05) is 45.6 Å². The highest BCUT2D eigenvalue weighted by Crippen LogP contribution is 2.17. The van der Waals surface area contributed by atoms with E-state index in [9.17, 15) is 17.2 Å². The molecule has 1 fully saturated rings. The van der Waals surface area contributed by atoms with Crippen LogP contribution in [0, 0.1) is 11.6 Å². The average Bonchev–Trinajstić information content (AvgIpc) is 2.70. The number of hydrogen-bond donors (Lipinski definition) is 3. The SMILES string of the molecule is CN=C(NCCOc1ccc(F)cc1F)NCCS(=O)(=O)NCC1CCCCO1. The summed E-state index contributed by atoms with van der Waals surface area (Å²) in [5, 5.41) is 5.81. The molecule has 0 aromatic heterocycles. The first-order valence-electron chi connectivity index (χ1n) is 9.51. The van der Waals surface area contributed by atoms with Gasteiger partial charge in [-0.1, -0.05) is 0 Å². The Hall–Kier alpha value is -1.98. The third-order valence-electron chi connectivity index (χ3n) is 4.24. The van der Waals surface area contributed by atoms with Gasteiger partial charge in [0.15, 0.2) is 17.5 Å². The predicted octanol–water partition coefficient (Wildman–Crippen LogP) is 0.997. The van der Waals surface area contributed by atoms with Crippen molar-refractivity contribution < 1.29 is 26.7 Å². The number of nitrogens with one attached hydrogen (secondary N) is 3. The zero-order chi connectivity index (χ0) is 21.1. The molecule has 1 unspecified atom stereocenters. The second kappa shape index (κ2) is 11.9. The molecule has 2 rings (SSSR count). The van der Waals surface area contributed by atoms with Crippen LogP contribution < -0.4 is 20.1 Å². The molecule has 8 nitrogen and oxygen atoms in total. The Balaban J connectivity index is 1.62. The van der Waals surface area contributed by atoms with Crippen LogP contribution in [0.4, 0.5) is 8.78 Å². The van der Waals surface area contributed by atoms with E-state index in [4.69, 9.17) is 9.47 Å². The van der Waals surface area contributed by atoms with Crippen LogP contribution in [-0.4, -0.2) is 66.1 Å². The van der Waals surface area contributed by atoms with Gasteiger partial charge in [0.25, 0.3) is 0 Å². The quantitative estimate of drug-likeness (QED) is 0.289. The summed E-state index contributed by atoms with van der Waals surface area (Å²) in [6.45, 7) is 1.53. The zero-order valence-electron chi connectivity index (χ0n) is 16.4. The number of hydrogen-bond acceptors (Lipinski definition) is 5. The second-order valence-corrected chi connectivity index (χ2v) is 8.43. The monoisotopic (exact) mass is 434 g/mol. The Labute approximate surface area is 170 Å². The van der Waals surface area contributed by atoms with Crippen LogP contribution in [0.2, 0.25) is 0 Å². The van der Waals surface area contributed by atoms with Gasteiger partial charge in [0, 0.05) is 32.8 Å². The molecule has 1 aromatic rings. The standard InChI is InChI=1S/C18H28F2N4O4S/c1-21-18(22-7-10-28-17-6-5-14(19)12-16(17)20)23-8-11-29(25,26)24-13-15-4-2-3-9-27-15/h5-6,12,15,24H,2-4,7-11,13H2,1H3,(H2,21,22,23). The highest BCUT2D eigenvalue weighted by Gasteiger charge is 2.17. The van der Waals surface area contributed by atoms with Crippen molar-refractivity contribution in [2.24, 2.45) is 4.99 Å². The molecule has 3 N–H and O–H groups in total. The van der Waals surface area contributed by atoms with Gasteiger partial charge in [-0.05, 0) is 31.4 Å². The summed E-state index contributed by atoms with van der Waals surface area (Å²) in [5.41, 5.74) is 0. The van der Waals surface area contributed by atoms with Gasteiger partial charge in [0.05, 0.1) is 18.4 Å². The first kappa shape index (κ1) is 23.3. The smallest absolute Gasteiger partial charge is 0.213 e. The fourth-order valence-corrected chi connectivity index (χ4v) is 3.66. The minimum Gasteiger partial charge on any atom is -0.489 e. The highest BCUT2D eigenvalue weighted by atomic mass is 32.2. The molecule has 0 saturated carbocycles. The largest absolute Gasteiger partial charge is 0.489 e. The number of ether oxygens (including phenoxy) is 2. The first-order chi connectivity index (χ1) is 13.9. The number of guanidine groups is 1. The lowest BCUT2D eigenvalue weighted by Gasteiger charge is -2.22. The summed E-state index contributed by atoms with van der Waals surface area (Å²) < 4.78 is 63.8. The average molecular weight is 435 g/mol. The van der Waals surface area contributed by atoms with Crippen molar-refractivity contribution in [3.63, 3.8) is 0 Å². The van der Waals surface area contributed by atoms with Gasteiger partial charge in [-0.3, -0.25) is 4.99 Å². The summed E-state index contributed by atoms with van der Waals surface area (Å²) in [6, 6.07) is 3.08. The van der Waals surface area contributed by atoms with Crippen LogP contribution in [0.5, 0.6) is 5.75 Å². The van der Waals surface area contributed by atoms with Crippen LogP contribution in [-0.2, 0) is 14.8 Å². The number of nitrogens with zero attached hydrogens (tertiary/aromatic N) is 1. The normalized spacial score (nSPS) is 17.8. The molecule has 1 aliphatic heterocycles. The van der Waals surface area contributed by atoms with Gasteiger partial charge >= 0.3 is 0 Å². The van der Waals surface area contributed by atoms with Crippen molar-refractivity contribution in [3.05, 3.63) is 29.8 Å². The van der Waals surface area contributed by atoms with Crippen molar-refractivity contribution in [2.45, 2.75) is 25.4 Å². The molecular weight excluding hydrogens is 406 g/mol. The van der Waals surface area contributed by atoms with Crippen LogP contribution in [0.25, 0.3) is 0 Å². The minimum atomic E-state index is -3.43. The van der Waals surface area contributed by atoms with E-state index in [0.29, 0.717) is 19.1 Å². The topological polar surface area (TPSA) is 101 Å². The number of benzene rings is 1. The highest BCUT2D eigenvalue weighted by molar-refractivity contribution is 7.89. The van der Waals surface area contributed by atoms with E-state index in [1.807, 2.05) is 0 Å². The molecule has 0 radical (unpaired) electrons. The summed E-state index contributed by atoms with van der Waals surface area (Å²) in [6.07, 6.45) is 2.87. The van der Waals surface area contributed by atoms with E-state index in [0.717, 1.165) is 31.4 Å². The van der Waals surface area contributed by atoms with Crippen molar-refractivity contribution >= 4 is 16.0 Å². The minimum absolute atomic E-state index is 0.0461. The zero-order valence-corrected chi connectivity index (χ0v) is 17.2. The Bertz CT molecular complexity index is 771.